The van der Waals surface area contributed by atoms with Gasteiger partial charge >= 0.3 is 0 Å². The summed E-state index contributed by atoms with van der Waals surface area (Å²) in [5.74, 6) is 1.05. The molecule has 4 rings (SSSR count). The second-order valence-corrected chi connectivity index (χ2v) is 15.6. The fraction of sp³-hybridized carbons (Fsp3) is 0.172. The van der Waals surface area contributed by atoms with E-state index in [-0.39, 0.29) is 42.0 Å². The highest BCUT2D eigenvalue weighted by atomic mass is 32.2. The summed E-state index contributed by atoms with van der Waals surface area (Å²) in [5, 5.41) is 19.5. The van der Waals surface area contributed by atoms with Gasteiger partial charge in [0.15, 0.2) is 0 Å². The van der Waals surface area contributed by atoms with Crippen LogP contribution in [0.5, 0.6) is 23.0 Å². The number of aromatic hydroxyl groups is 2. The Morgan fingerprint density at radius 3 is 1.10 bits per heavy atom. The van der Waals surface area contributed by atoms with Gasteiger partial charge in [-0.1, -0.05) is 0 Å². The predicted octanol–water partition coefficient (Wildman–Crippen LogP) is 6.34. The Hall–Kier alpha value is -3.32. The summed E-state index contributed by atoms with van der Waals surface area (Å²) in [5.41, 5.74) is -0.419. The van der Waals surface area contributed by atoms with Crippen LogP contribution in [-0.2, 0) is 19.7 Å². The van der Waals surface area contributed by atoms with Crippen molar-refractivity contribution in [2.24, 2.45) is 0 Å². The number of hydrogen-bond donors (Lipinski definition) is 2. The third-order valence-electron chi connectivity index (χ3n) is 5.77. The highest BCUT2D eigenvalue weighted by Gasteiger charge is 2.19. The van der Waals surface area contributed by atoms with Gasteiger partial charge in [0.1, 0.15) is 33.9 Å². The first kappa shape index (κ1) is 30.6. The fourth-order valence-electron chi connectivity index (χ4n) is 3.60. The van der Waals surface area contributed by atoms with E-state index in [0.717, 1.165) is 0 Å². The van der Waals surface area contributed by atoms with E-state index in [0.29, 0.717) is 16.6 Å². The van der Waals surface area contributed by atoms with E-state index in [1.165, 1.54) is 72.8 Å². The first-order chi connectivity index (χ1) is 19.4. The summed E-state index contributed by atoms with van der Waals surface area (Å²) in [6.45, 7) is 3.79. The monoisotopic (exact) mass is 632 g/mol. The molecule has 0 aromatic heterocycles. The molecule has 2 atom stereocenters. The minimum Gasteiger partial charge on any atom is -0.508 e. The molecule has 216 valence electrons. The van der Waals surface area contributed by atoms with Crippen LogP contribution in [0.25, 0.3) is 0 Å². The van der Waals surface area contributed by atoms with Crippen molar-refractivity contribution in [3.8, 4) is 23.0 Å². The van der Waals surface area contributed by atoms with Gasteiger partial charge in [0.25, 0.3) is 0 Å². The number of phenols is 2. The minimum absolute atomic E-state index is 0.00669. The van der Waals surface area contributed by atoms with Gasteiger partial charge in [0, 0.05) is 5.08 Å². The topological polar surface area (TPSA) is 127 Å². The lowest BCUT2D eigenvalue weighted by Gasteiger charge is -2.17. The van der Waals surface area contributed by atoms with E-state index in [9.17, 15) is 27.0 Å². The molecule has 8 nitrogen and oxygen atoms in total. The number of ether oxygens (including phenoxy) is 2. The second-order valence-electron chi connectivity index (χ2n) is 8.76. The van der Waals surface area contributed by atoms with Crippen LogP contribution in [0.1, 0.15) is 13.8 Å². The molecule has 0 saturated heterocycles. The van der Waals surface area contributed by atoms with Crippen molar-refractivity contribution >= 4 is 43.2 Å². The van der Waals surface area contributed by atoms with Crippen LogP contribution in [0.2, 0.25) is 0 Å². The number of thioether (sulfide) groups is 2. The van der Waals surface area contributed by atoms with Gasteiger partial charge in [0.2, 0.25) is 19.7 Å². The molecule has 2 N–H and O–H groups in total. The first-order valence-corrected chi connectivity index (χ1v) is 17.4. The quantitative estimate of drug-likeness (QED) is 0.171. The summed E-state index contributed by atoms with van der Waals surface area (Å²) in [4.78, 5) is 0.444. The molecule has 4 aromatic carbocycles. The third kappa shape index (κ3) is 7.91. The molecule has 12 heteroatoms. The van der Waals surface area contributed by atoms with Gasteiger partial charge in [0.05, 0.1) is 19.6 Å². The van der Waals surface area contributed by atoms with Crippen molar-refractivity contribution in [3.05, 3.63) is 97.1 Å². The molecule has 0 spiro atoms. The Bertz CT molecular complexity index is 1530. The van der Waals surface area contributed by atoms with Crippen molar-refractivity contribution in [3.63, 3.8) is 0 Å². The van der Waals surface area contributed by atoms with Crippen LogP contribution in [0.15, 0.2) is 117 Å². The SMILES string of the molecule is CC(Oc1ccc(S(=O)(=O)c2ccc(O)cc2)cc1)SCSC(C)Oc1ccc(S(=O)(=O)c2ccc(O)cc2)cc1. The van der Waals surface area contributed by atoms with Crippen LogP contribution in [-0.4, -0.2) is 43.0 Å². The van der Waals surface area contributed by atoms with Crippen LogP contribution in [0.4, 0.5) is 0 Å². The van der Waals surface area contributed by atoms with Crippen molar-refractivity contribution < 1.29 is 36.5 Å². The lowest BCUT2D eigenvalue weighted by molar-refractivity contribution is 0.306. The Balaban J connectivity index is 1.24. The van der Waals surface area contributed by atoms with Crippen LogP contribution in [0.3, 0.4) is 0 Å². The van der Waals surface area contributed by atoms with Crippen molar-refractivity contribution in [1.29, 1.82) is 0 Å². The molecule has 2 unspecified atom stereocenters. The van der Waals surface area contributed by atoms with E-state index in [1.807, 2.05) is 13.8 Å². The molecule has 0 aliphatic carbocycles. The Morgan fingerprint density at radius 2 is 0.805 bits per heavy atom. The number of benzene rings is 4. The van der Waals surface area contributed by atoms with E-state index in [2.05, 4.69) is 0 Å². The summed E-state index contributed by atoms with van der Waals surface area (Å²) in [7, 11) is -7.40. The molecular formula is C29H28O8S4. The number of phenolic OH excluding ortho intramolecular Hbond substituents is 2. The van der Waals surface area contributed by atoms with E-state index < -0.39 is 19.7 Å². The van der Waals surface area contributed by atoms with E-state index in [4.69, 9.17) is 9.47 Å². The predicted molar refractivity (Wildman–Crippen MR) is 160 cm³/mol. The van der Waals surface area contributed by atoms with E-state index in [1.54, 1.807) is 47.8 Å². The molecule has 0 bridgehead atoms. The largest absolute Gasteiger partial charge is 0.508 e. The summed E-state index contributed by atoms with van der Waals surface area (Å²) < 4.78 is 62.9. The minimum atomic E-state index is -3.70. The zero-order valence-corrected chi connectivity index (χ0v) is 25.3. The highest BCUT2D eigenvalue weighted by molar-refractivity contribution is 8.16. The van der Waals surface area contributed by atoms with Gasteiger partial charge in [-0.05, 0) is 111 Å². The van der Waals surface area contributed by atoms with Crippen molar-refractivity contribution in [2.45, 2.75) is 44.3 Å². The summed E-state index contributed by atoms with van der Waals surface area (Å²) >= 11 is 3.09. The molecule has 41 heavy (non-hydrogen) atoms. The fourth-order valence-corrected chi connectivity index (χ4v) is 8.33. The van der Waals surface area contributed by atoms with Gasteiger partial charge < -0.3 is 19.7 Å². The van der Waals surface area contributed by atoms with Gasteiger partial charge in [-0.15, -0.1) is 23.5 Å². The molecular weight excluding hydrogens is 605 g/mol. The number of hydrogen-bond acceptors (Lipinski definition) is 10. The Kier molecular flexibility index (Phi) is 9.80. The maximum absolute atomic E-state index is 12.8. The zero-order valence-electron chi connectivity index (χ0n) is 22.1. The van der Waals surface area contributed by atoms with Crippen molar-refractivity contribution in [2.75, 3.05) is 5.08 Å². The lowest BCUT2D eigenvalue weighted by Crippen LogP contribution is -2.11. The molecule has 0 fully saturated rings. The zero-order chi connectivity index (χ0) is 29.6. The van der Waals surface area contributed by atoms with Gasteiger partial charge in [-0.2, -0.15) is 0 Å². The molecule has 0 heterocycles. The highest BCUT2D eigenvalue weighted by Crippen LogP contribution is 2.29. The third-order valence-corrected chi connectivity index (χ3v) is 11.6. The Morgan fingerprint density at radius 1 is 0.537 bits per heavy atom. The van der Waals surface area contributed by atoms with Crippen LogP contribution >= 0.6 is 23.5 Å². The average molecular weight is 633 g/mol. The number of sulfone groups is 2. The van der Waals surface area contributed by atoms with Crippen LogP contribution < -0.4 is 9.47 Å². The summed E-state index contributed by atoms with van der Waals surface area (Å²) in [6.07, 6.45) is 0. The van der Waals surface area contributed by atoms with Crippen molar-refractivity contribution in [1.82, 2.24) is 0 Å². The first-order valence-electron chi connectivity index (χ1n) is 12.3. The standard InChI is InChI=1S/C29H28O8S4/c1-20(36-24-7-15-28(16-8-24)40(32,33)26-11-3-22(30)4-12-26)38-19-39-21(2)37-25-9-17-29(18-10-25)41(34,35)27-13-5-23(31)6-14-27/h3-18,20-21,30-31H,19H2,1-2H3. The smallest absolute Gasteiger partial charge is 0.206 e. The summed E-state index contributed by atoms with van der Waals surface area (Å²) in [6, 6.07) is 23.1. The molecule has 0 amide bonds. The molecule has 0 aliphatic heterocycles. The number of rotatable bonds is 12. The lowest BCUT2D eigenvalue weighted by atomic mass is 10.3. The molecule has 0 aliphatic rings. The Labute approximate surface area is 248 Å². The van der Waals surface area contributed by atoms with E-state index >= 15 is 0 Å². The van der Waals surface area contributed by atoms with Gasteiger partial charge in [-0.3, -0.25) is 0 Å². The molecule has 0 saturated carbocycles. The normalized spacial score (nSPS) is 13.3. The maximum Gasteiger partial charge on any atom is 0.206 e. The average Bonchev–Trinajstić information content (AvgIpc) is 2.94. The van der Waals surface area contributed by atoms with Crippen LogP contribution in [0, 0.1) is 0 Å². The second kappa shape index (κ2) is 13.1. The maximum atomic E-state index is 12.8. The molecule has 4 aromatic rings. The molecule has 0 radical (unpaired) electrons. The van der Waals surface area contributed by atoms with Gasteiger partial charge in [-0.25, -0.2) is 16.8 Å².